The van der Waals surface area contributed by atoms with Crippen LogP contribution in [0.5, 0.6) is 0 Å². The van der Waals surface area contributed by atoms with E-state index in [1.807, 2.05) is 30.3 Å². The van der Waals surface area contributed by atoms with Crippen molar-refractivity contribution in [3.8, 4) is 0 Å². The summed E-state index contributed by atoms with van der Waals surface area (Å²) >= 11 is 0. The van der Waals surface area contributed by atoms with Gasteiger partial charge in [-0.1, -0.05) is 36.8 Å². The summed E-state index contributed by atoms with van der Waals surface area (Å²) in [4.78, 5) is 22.6. The number of rotatable bonds is 4. The second-order valence-electron chi connectivity index (χ2n) is 4.46. The van der Waals surface area contributed by atoms with E-state index >= 15 is 0 Å². The lowest BCUT2D eigenvalue weighted by molar-refractivity contribution is -0.131. The van der Waals surface area contributed by atoms with Gasteiger partial charge in [0.25, 0.3) is 0 Å². The van der Waals surface area contributed by atoms with Crippen LogP contribution in [0.3, 0.4) is 0 Å². The van der Waals surface area contributed by atoms with Crippen LogP contribution in [0, 0.1) is 0 Å². The highest BCUT2D eigenvalue weighted by molar-refractivity contribution is 6.27. The molecule has 1 N–H and O–H groups in total. The molecule has 0 radical (unpaired) electrons. The van der Waals surface area contributed by atoms with E-state index in [4.69, 9.17) is 0 Å². The molecular weight excluding hydrogens is 214 g/mol. The molecule has 0 aliphatic carbocycles. The highest BCUT2D eigenvalue weighted by Crippen LogP contribution is 2.25. The predicted octanol–water partition coefficient (Wildman–Crippen LogP) is 1.68. The largest absolute Gasteiger partial charge is 0.313 e. The third-order valence-electron chi connectivity index (χ3n) is 3.33. The molecule has 2 atom stereocenters. The third-order valence-corrected chi connectivity index (χ3v) is 3.33. The first-order valence-corrected chi connectivity index (χ1v) is 6.10. The van der Waals surface area contributed by atoms with Crippen LogP contribution >= 0.6 is 0 Å². The van der Waals surface area contributed by atoms with Crippen LogP contribution in [-0.4, -0.2) is 24.7 Å². The average molecular weight is 231 g/mol. The molecule has 1 aromatic carbocycles. The molecule has 1 fully saturated rings. The monoisotopic (exact) mass is 231 g/mol. The van der Waals surface area contributed by atoms with Crippen molar-refractivity contribution in [2.75, 3.05) is 6.54 Å². The summed E-state index contributed by atoms with van der Waals surface area (Å²) in [5.74, 6) is -0.649. The fourth-order valence-corrected chi connectivity index (χ4v) is 2.49. The van der Waals surface area contributed by atoms with Crippen molar-refractivity contribution in [3.63, 3.8) is 0 Å². The second-order valence-corrected chi connectivity index (χ2v) is 4.46. The summed E-state index contributed by atoms with van der Waals surface area (Å²) in [6.07, 6.45) is 3.67. The average Bonchev–Trinajstić information content (AvgIpc) is 2.41. The fourth-order valence-electron chi connectivity index (χ4n) is 2.49. The summed E-state index contributed by atoms with van der Waals surface area (Å²) < 4.78 is 0. The molecule has 1 aliphatic rings. The number of aldehydes is 1. The Labute approximate surface area is 101 Å². The predicted molar refractivity (Wildman–Crippen MR) is 65.9 cm³/mol. The van der Waals surface area contributed by atoms with Gasteiger partial charge in [-0.15, -0.1) is 0 Å². The van der Waals surface area contributed by atoms with E-state index in [0.29, 0.717) is 6.29 Å². The quantitative estimate of drug-likeness (QED) is 0.633. The molecule has 3 nitrogen and oxygen atoms in total. The molecular formula is C14H17NO2. The summed E-state index contributed by atoms with van der Waals surface area (Å²) in [5.41, 5.74) is 0.934. The lowest BCUT2D eigenvalue weighted by Crippen LogP contribution is -2.42. The van der Waals surface area contributed by atoms with Crippen molar-refractivity contribution in [2.45, 2.75) is 31.2 Å². The maximum Gasteiger partial charge on any atom is 0.204 e. The fraction of sp³-hybridized carbons (Fsp3) is 0.429. The van der Waals surface area contributed by atoms with Crippen molar-refractivity contribution in [1.29, 1.82) is 0 Å². The minimum atomic E-state index is -0.325. The number of piperidine rings is 1. The molecule has 0 saturated carbocycles. The van der Waals surface area contributed by atoms with Gasteiger partial charge in [-0.25, -0.2) is 0 Å². The first-order chi connectivity index (χ1) is 8.33. The van der Waals surface area contributed by atoms with E-state index in [1.165, 1.54) is 0 Å². The van der Waals surface area contributed by atoms with Gasteiger partial charge >= 0.3 is 0 Å². The van der Waals surface area contributed by atoms with Crippen molar-refractivity contribution < 1.29 is 9.59 Å². The smallest absolute Gasteiger partial charge is 0.204 e. The van der Waals surface area contributed by atoms with Gasteiger partial charge in [0.2, 0.25) is 5.78 Å². The number of ketones is 1. The number of Topliss-reactive ketones (excluding diaryl/α,β-unsaturated/α-hetero) is 1. The molecule has 17 heavy (non-hydrogen) atoms. The van der Waals surface area contributed by atoms with Crippen molar-refractivity contribution in [3.05, 3.63) is 35.9 Å². The normalized spacial score (nSPS) is 21.8. The van der Waals surface area contributed by atoms with Crippen LogP contribution in [0.4, 0.5) is 0 Å². The maximum absolute atomic E-state index is 11.8. The maximum atomic E-state index is 11.8. The van der Waals surface area contributed by atoms with Gasteiger partial charge in [0.1, 0.15) is 0 Å². The Morgan fingerprint density at radius 1 is 1.29 bits per heavy atom. The number of hydrogen-bond donors (Lipinski definition) is 1. The summed E-state index contributed by atoms with van der Waals surface area (Å²) in [7, 11) is 0. The molecule has 0 aromatic heterocycles. The highest BCUT2D eigenvalue weighted by Gasteiger charge is 2.30. The third kappa shape index (κ3) is 2.80. The van der Waals surface area contributed by atoms with Crippen LogP contribution in [0.15, 0.2) is 30.3 Å². The summed E-state index contributed by atoms with van der Waals surface area (Å²) in [5, 5.41) is 3.35. The zero-order valence-corrected chi connectivity index (χ0v) is 9.76. The molecule has 1 saturated heterocycles. The lowest BCUT2D eigenvalue weighted by Gasteiger charge is -2.29. The topological polar surface area (TPSA) is 46.2 Å². The van der Waals surface area contributed by atoms with Gasteiger partial charge < -0.3 is 5.32 Å². The molecule has 1 aromatic rings. The Hall–Kier alpha value is -1.48. The first-order valence-electron chi connectivity index (χ1n) is 6.10. The van der Waals surface area contributed by atoms with E-state index < -0.39 is 0 Å². The Morgan fingerprint density at radius 3 is 2.65 bits per heavy atom. The number of benzene rings is 1. The minimum absolute atomic E-state index is 0.101. The Balaban J connectivity index is 2.24. The SMILES string of the molecule is O=CC(=O)C(c1ccccc1)C1CCCCN1. The van der Waals surface area contributed by atoms with Gasteiger partial charge in [-0.05, 0) is 24.9 Å². The van der Waals surface area contributed by atoms with Gasteiger partial charge in [0, 0.05) is 6.04 Å². The Kier molecular flexibility index (Phi) is 4.04. The van der Waals surface area contributed by atoms with E-state index in [2.05, 4.69) is 5.32 Å². The van der Waals surface area contributed by atoms with E-state index in [0.717, 1.165) is 31.4 Å². The number of carbonyl (C=O) groups is 2. The molecule has 90 valence electrons. The van der Waals surface area contributed by atoms with E-state index in [-0.39, 0.29) is 17.7 Å². The van der Waals surface area contributed by atoms with Crippen LogP contribution in [0.1, 0.15) is 30.7 Å². The van der Waals surface area contributed by atoms with Crippen LogP contribution in [-0.2, 0) is 9.59 Å². The Morgan fingerprint density at radius 2 is 2.06 bits per heavy atom. The number of carbonyl (C=O) groups excluding carboxylic acids is 2. The van der Waals surface area contributed by atoms with Crippen LogP contribution in [0.25, 0.3) is 0 Å². The van der Waals surface area contributed by atoms with Gasteiger partial charge in [-0.2, -0.15) is 0 Å². The Bertz CT molecular complexity index is 382. The zero-order chi connectivity index (χ0) is 12.1. The molecule has 1 heterocycles. The molecule has 2 unspecified atom stereocenters. The minimum Gasteiger partial charge on any atom is -0.313 e. The van der Waals surface area contributed by atoms with Crippen LogP contribution < -0.4 is 5.32 Å². The van der Waals surface area contributed by atoms with Gasteiger partial charge in [-0.3, -0.25) is 9.59 Å². The van der Waals surface area contributed by atoms with Gasteiger partial charge in [0.15, 0.2) is 6.29 Å². The molecule has 1 aliphatic heterocycles. The molecule has 2 rings (SSSR count). The molecule has 0 spiro atoms. The van der Waals surface area contributed by atoms with Crippen molar-refractivity contribution >= 4 is 12.1 Å². The second kappa shape index (κ2) is 5.73. The highest BCUT2D eigenvalue weighted by atomic mass is 16.2. The van der Waals surface area contributed by atoms with E-state index in [1.54, 1.807) is 0 Å². The van der Waals surface area contributed by atoms with Crippen molar-refractivity contribution in [1.82, 2.24) is 5.32 Å². The summed E-state index contributed by atoms with van der Waals surface area (Å²) in [6.45, 7) is 0.931. The first kappa shape index (κ1) is 12.0. The summed E-state index contributed by atoms with van der Waals surface area (Å²) in [6, 6.07) is 9.67. The molecule has 0 bridgehead atoms. The lowest BCUT2D eigenvalue weighted by atomic mass is 9.84. The standard InChI is InChI=1S/C14H17NO2/c16-10-13(17)14(11-6-2-1-3-7-11)12-8-4-5-9-15-12/h1-3,6-7,10,12,14-15H,4-5,8-9H2. The number of hydrogen-bond acceptors (Lipinski definition) is 3. The zero-order valence-electron chi connectivity index (χ0n) is 9.76. The van der Waals surface area contributed by atoms with Crippen molar-refractivity contribution in [2.24, 2.45) is 0 Å². The number of nitrogens with one attached hydrogen (secondary N) is 1. The van der Waals surface area contributed by atoms with Gasteiger partial charge in [0.05, 0.1) is 5.92 Å². The molecule has 3 heteroatoms. The van der Waals surface area contributed by atoms with E-state index in [9.17, 15) is 9.59 Å². The molecule has 0 amide bonds. The van der Waals surface area contributed by atoms with Crippen LogP contribution in [0.2, 0.25) is 0 Å².